The first-order chi connectivity index (χ1) is 35.7. The molecule has 4 aliphatic rings. The second kappa shape index (κ2) is 16.2. The summed E-state index contributed by atoms with van der Waals surface area (Å²) < 4.78 is 7.06. The van der Waals surface area contributed by atoms with E-state index in [1.54, 1.807) is 0 Å². The Bertz CT molecular complexity index is 3470. The van der Waals surface area contributed by atoms with Crippen LogP contribution in [-0.2, 0) is 32.5 Å². The highest BCUT2D eigenvalue weighted by Gasteiger charge is 2.54. The van der Waals surface area contributed by atoms with Crippen molar-refractivity contribution in [1.82, 2.24) is 0 Å². The topological polar surface area (TPSA) is 12.5 Å². The molecule has 0 saturated carbocycles. The maximum absolute atomic E-state index is 7.06. The van der Waals surface area contributed by atoms with Crippen LogP contribution in [0.25, 0.3) is 22.3 Å². The lowest BCUT2D eigenvalue weighted by Crippen LogP contribution is -2.33. The average molecular weight is 994 g/mol. The van der Waals surface area contributed by atoms with Crippen molar-refractivity contribution in [2.45, 2.75) is 125 Å². The van der Waals surface area contributed by atoms with Gasteiger partial charge in [0, 0.05) is 38.0 Å². The number of para-hydroxylation sites is 1. The fourth-order valence-electron chi connectivity index (χ4n) is 13.0. The summed E-state index contributed by atoms with van der Waals surface area (Å²) in [5.41, 5.74) is 22.6. The van der Waals surface area contributed by atoms with Crippen LogP contribution < -0.4 is 9.64 Å². The number of hydrogen-bond donors (Lipinski definition) is 0. The van der Waals surface area contributed by atoms with Gasteiger partial charge >= 0.3 is 0 Å². The monoisotopic (exact) mass is 993 g/mol. The number of anilines is 3. The van der Waals surface area contributed by atoms with E-state index >= 15 is 0 Å². The minimum absolute atomic E-state index is 0.0416. The fourth-order valence-corrected chi connectivity index (χ4v) is 14.2. The summed E-state index contributed by atoms with van der Waals surface area (Å²) >= 11 is 1.93. The molecule has 2 aliphatic carbocycles. The summed E-state index contributed by atoms with van der Waals surface area (Å²) in [6.07, 6.45) is 0. The third kappa shape index (κ3) is 6.99. The Kier molecular flexibility index (Phi) is 10.3. The Labute approximate surface area is 449 Å². The Morgan fingerprint density at radius 1 is 0.307 bits per heavy atom. The molecule has 0 amide bonds. The second-order valence-electron chi connectivity index (χ2n) is 25.8. The fraction of sp³-hybridized carbons (Fsp3) is 0.250. The van der Waals surface area contributed by atoms with E-state index in [1.807, 2.05) is 11.8 Å². The molecule has 9 aromatic rings. The second-order valence-corrected chi connectivity index (χ2v) is 26.9. The molecular weight excluding hydrogens is 927 g/mol. The van der Waals surface area contributed by atoms with Gasteiger partial charge < -0.3 is 9.64 Å². The smallest absolute Gasteiger partial charge is 0.132 e. The Morgan fingerprint density at radius 2 is 0.667 bits per heavy atom. The van der Waals surface area contributed by atoms with E-state index in [0.717, 1.165) is 28.6 Å². The normalized spacial score (nSPS) is 15.2. The zero-order valence-electron chi connectivity index (χ0n) is 45.7. The van der Waals surface area contributed by atoms with Crippen molar-refractivity contribution in [3.05, 3.63) is 255 Å². The van der Waals surface area contributed by atoms with Gasteiger partial charge in [0.25, 0.3) is 0 Å². The van der Waals surface area contributed by atoms with Gasteiger partial charge in [-0.3, -0.25) is 0 Å². The molecule has 3 heteroatoms. The van der Waals surface area contributed by atoms with Crippen molar-refractivity contribution in [1.29, 1.82) is 0 Å². The predicted octanol–water partition coefficient (Wildman–Crippen LogP) is 19.6. The first-order valence-corrected chi connectivity index (χ1v) is 27.8. The molecule has 0 aromatic heterocycles. The van der Waals surface area contributed by atoms with Gasteiger partial charge in [-0.15, -0.1) is 0 Å². The van der Waals surface area contributed by atoms with E-state index in [-0.39, 0.29) is 21.7 Å². The maximum Gasteiger partial charge on any atom is 0.132 e. The summed E-state index contributed by atoms with van der Waals surface area (Å²) in [4.78, 5) is 5.15. The molecule has 13 rings (SSSR count). The molecule has 0 bridgehead atoms. The zero-order valence-corrected chi connectivity index (χ0v) is 46.5. The van der Waals surface area contributed by atoms with Gasteiger partial charge in [-0.25, -0.2) is 0 Å². The first kappa shape index (κ1) is 47.6. The standard InChI is InChI=1S/C72H67NOS/c1-67(2,3)44-26-34-63-59(38-44)71(60-39-45(68(4,5)6)27-35-64(60)74-63)55-24-18-16-22-51(55)53-32-30-49(42-57(53)71)73(48-20-14-13-15-21-48)50-31-33-54-52-23-17-19-25-56(52)72(58(54)43-50)61-40-46(69(7,8)9)28-36-65(61)75-66-37-29-47(41-62(66)72)70(10,11)12/h13-43H,1-12H3. The molecule has 0 unspecified atom stereocenters. The third-order valence-corrected chi connectivity index (χ3v) is 18.2. The van der Waals surface area contributed by atoms with Gasteiger partial charge in [0.05, 0.1) is 10.8 Å². The largest absolute Gasteiger partial charge is 0.457 e. The van der Waals surface area contributed by atoms with Crippen LogP contribution >= 0.6 is 11.8 Å². The molecule has 0 saturated heterocycles. The molecule has 9 aromatic carbocycles. The molecule has 372 valence electrons. The van der Waals surface area contributed by atoms with Gasteiger partial charge in [-0.1, -0.05) is 210 Å². The number of ether oxygens (including phenoxy) is 1. The average Bonchev–Trinajstić information content (AvgIpc) is 3.87. The van der Waals surface area contributed by atoms with Crippen molar-refractivity contribution in [2.24, 2.45) is 0 Å². The van der Waals surface area contributed by atoms with Crippen molar-refractivity contribution in [2.75, 3.05) is 4.90 Å². The lowest BCUT2D eigenvalue weighted by molar-refractivity contribution is 0.433. The van der Waals surface area contributed by atoms with Crippen molar-refractivity contribution < 1.29 is 4.74 Å². The third-order valence-electron chi connectivity index (χ3n) is 17.0. The van der Waals surface area contributed by atoms with Crippen molar-refractivity contribution >= 4 is 28.8 Å². The van der Waals surface area contributed by atoms with Crippen LogP contribution in [0.1, 0.15) is 150 Å². The molecule has 0 fully saturated rings. The molecule has 2 aliphatic heterocycles. The Hall–Kier alpha value is -7.07. The maximum atomic E-state index is 7.06. The van der Waals surface area contributed by atoms with Crippen LogP contribution in [0.15, 0.2) is 198 Å². The van der Waals surface area contributed by atoms with E-state index in [1.165, 1.54) is 98.8 Å². The number of rotatable bonds is 3. The van der Waals surface area contributed by atoms with E-state index < -0.39 is 10.8 Å². The van der Waals surface area contributed by atoms with Crippen LogP contribution in [0.2, 0.25) is 0 Å². The number of fused-ring (bicyclic) bond motifs is 18. The van der Waals surface area contributed by atoms with Gasteiger partial charge in [0.15, 0.2) is 0 Å². The molecule has 75 heavy (non-hydrogen) atoms. The van der Waals surface area contributed by atoms with Crippen molar-refractivity contribution in [3.8, 4) is 33.8 Å². The Balaban J connectivity index is 1.10. The summed E-state index contributed by atoms with van der Waals surface area (Å²) in [6.45, 7) is 28.0. The van der Waals surface area contributed by atoms with Crippen LogP contribution in [0.5, 0.6) is 11.5 Å². The summed E-state index contributed by atoms with van der Waals surface area (Å²) in [7, 11) is 0. The van der Waals surface area contributed by atoms with E-state index in [0.29, 0.717) is 0 Å². The highest BCUT2D eigenvalue weighted by atomic mass is 32.2. The highest BCUT2D eigenvalue weighted by Crippen LogP contribution is 2.66. The molecular formula is C72H67NOS. The molecule has 2 heterocycles. The molecule has 0 atom stereocenters. The number of hydrogen-bond acceptors (Lipinski definition) is 3. The summed E-state index contributed by atoms with van der Waals surface area (Å²) in [5.74, 6) is 1.82. The molecule has 0 N–H and O–H groups in total. The minimum Gasteiger partial charge on any atom is -0.457 e. The van der Waals surface area contributed by atoms with Gasteiger partial charge in [-0.05, 0) is 172 Å². The van der Waals surface area contributed by atoms with Crippen LogP contribution in [0.4, 0.5) is 17.1 Å². The lowest BCUT2D eigenvalue weighted by Gasteiger charge is -2.42. The first-order valence-electron chi connectivity index (χ1n) is 27.0. The van der Waals surface area contributed by atoms with Crippen LogP contribution in [-0.4, -0.2) is 0 Å². The minimum atomic E-state index is -0.665. The molecule has 0 radical (unpaired) electrons. The van der Waals surface area contributed by atoms with Crippen molar-refractivity contribution in [3.63, 3.8) is 0 Å². The Morgan fingerprint density at radius 3 is 1.09 bits per heavy atom. The molecule has 2 nitrogen and oxygen atoms in total. The van der Waals surface area contributed by atoms with E-state index in [2.05, 4.69) is 276 Å². The van der Waals surface area contributed by atoms with Gasteiger partial charge in [-0.2, -0.15) is 0 Å². The van der Waals surface area contributed by atoms with E-state index in [4.69, 9.17) is 4.74 Å². The summed E-state index contributed by atoms with van der Waals surface area (Å²) in [6, 6.07) is 72.7. The van der Waals surface area contributed by atoms with E-state index in [9.17, 15) is 0 Å². The summed E-state index contributed by atoms with van der Waals surface area (Å²) in [5, 5.41) is 0. The van der Waals surface area contributed by atoms with Gasteiger partial charge in [0.2, 0.25) is 0 Å². The van der Waals surface area contributed by atoms with Crippen LogP contribution in [0, 0.1) is 0 Å². The zero-order chi connectivity index (χ0) is 52.2. The SMILES string of the molecule is CC(C)(C)c1ccc2c(c1)C1(c3cc(C(C)(C)C)ccc3O2)c2ccccc2-c2ccc(N(c3ccccc3)c3ccc4c(c3)C3(c5cc(C(C)(C)C)ccc5Sc5ccc(C(C)(C)C)cc53)c3ccccc3-4)cc21. The highest BCUT2D eigenvalue weighted by molar-refractivity contribution is 7.99. The number of benzene rings is 9. The van der Waals surface area contributed by atoms with Crippen LogP contribution in [0.3, 0.4) is 0 Å². The lowest BCUT2D eigenvalue weighted by atomic mass is 9.64. The molecule has 2 spiro atoms. The van der Waals surface area contributed by atoms with Gasteiger partial charge in [0.1, 0.15) is 11.5 Å². The number of nitrogens with zero attached hydrogens (tertiary/aromatic N) is 1. The quantitative estimate of drug-likeness (QED) is 0.175. The predicted molar refractivity (Wildman–Crippen MR) is 315 cm³/mol.